The monoisotopic (exact) mass is 444 g/mol. The number of aryl methyl sites for hydroxylation is 1. The number of hydrogen-bond donors (Lipinski definition) is 1. The molecule has 1 aliphatic heterocycles. The normalized spacial score (nSPS) is 15.7. The van der Waals surface area contributed by atoms with Gasteiger partial charge in [0.2, 0.25) is 0 Å². The van der Waals surface area contributed by atoms with Gasteiger partial charge in [0.15, 0.2) is 0 Å². The molecule has 3 rings (SSSR count). The van der Waals surface area contributed by atoms with Gasteiger partial charge in [-0.25, -0.2) is 8.42 Å². The van der Waals surface area contributed by atoms with Gasteiger partial charge < -0.3 is 4.90 Å². The quantitative estimate of drug-likeness (QED) is 0.713. The molecule has 0 spiro atoms. The van der Waals surface area contributed by atoms with Gasteiger partial charge in [0.05, 0.1) is 28.3 Å². The number of rotatable bonds is 5. The fraction of sp³-hybridized carbons (Fsp3) is 0.550. The lowest BCUT2D eigenvalue weighted by Gasteiger charge is -2.31. The highest BCUT2D eigenvalue weighted by Gasteiger charge is 2.33. The van der Waals surface area contributed by atoms with E-state index in [1.54, 1.807) is 18.5 Å². The van der Waals surface area contributed by atoms with Crippen LogP contribution in [0.1, 0.15) is 56.1 Å². The van der Waals surface area contributed by atoms with Crippen molar-refractivity contribution >= 4 is 21.4 Å². The van der Waals surface area contributed by atoms with Crippen molar-refractivity contribution in [2.24, 2.45) is 0 Å². The zero-order chi connectivity index (χ0) is 22.3. The molecule has 2 heterocycles. The lowest BCUT2D eigenvalue weighted by molar-refractivity contribution is -0.137. The molecule has 10 heteroatoms. The number of hydrogen-bond acceptors (Lipinski definition) is 4. The van der Waals surface area contributed by atoms with Crippen LogP contribution in [0.2, 0.25) is 0 Å². The second-order valence-electron chi connectivity index (χ2n) is 7.92. The first-order valence-corrected chi connectivity index (χ1v) is 11.4. The zero-order valence-electron chi connectivity index (χ0n) is 17.5. The molecule has 166 valence electrons. The fourth-order valence-electron chi connectivity index (χ4n) is 3.94. The summed E-state index contributed by atoms with van der Waals surface area (Å²) < 4.78 is 70.4. The third-order valence-corrected chi connectivity index (χ3v) is 6.90. The number of piperidine rings is 1. The molecule has 6 nitrogen and oxygen atoms in total. The Kier molecular flexibility index (Phi) is 6.08. The molecular formula is C20H27F3N4O2S. The van der Waals surface area contributed by atoms with Gasteiger partial charge in [0.25, 0.3) is 10.0 Å². The average Bonchev–Trinajstić information content (AvgIpc) is 2.96. The van der Waals surface area contributed by atoms with Crippen LogP contribution in [0.25, 0.3) is 0 Å². The van der Waals surface area contributed by atoms with Crippen LogP contribution in [0.3, 0.4) is 0 Å². The summed E-state index contributed by atoms with van der Waals surface area (Å²) in [4.78, 5) is 1.93. The molecule has 2 aromatic rings. The maximum Gasteiger partial charge on any atom is 0.416 e. The van der Waals surface area contributed by atoms with Crippen LogP contribution in [0.5, 0.6) is 0 Å². The smallest absolute Gasteiger partial charge is 0.370 e. The molecule has 0 unspecified atom stereocenters. The van der Waals surface area contributed by atoms with Crippen LogP contribution in [-0.4, -0.2) is 31.3 Å². The Labute approximate surface area is 175 Å². The van der Waals surface area contributed by atoms with Gasteiger partial charge >= 0.3 is 6.18 Å². The number of benzene rings is 1. The summed E-state index contributed by atoms with van der Waals surface area (Å²) >= 11 is 0. The van der Waals surface area contributed by atoms with E-state index in [4.69, 9.17) is 0 Å². The molecule has 1 N–H and O–H groups in total. The summed E-state index contributed by atoms with van der Waals surface area (Å²) in [5, 5.41) is 4.29. The summed E-state index contributed by atoms with van der Waals surface area (Å²) in [5.41, 5.74) is 0.245. The summed E-state index contributed by atoms with van der Waals surface area (Å²) in [5.74, 6) is 0. The van der Waals surface area contributed by atoms with Gasteiger partial charge in [-0.1, -0.05) is 0 Å². The van der Waals surface area contributed by atoms with E-state index in [1.165, 1.54) is 6.07 Å². The largest absolute Gasteiger partial charge is 0.416 e. The Morgan fingerprint density at radius 2 is 1.73 bits per heavy atom. The van der Waals surface area contributed by atoms with E-state index in [-0.39, 0.29) is 16.6 Å². The number of anilines is 2. The second-order valence-corrected chi connectivity index (χ2v) is 9.54. The molecule has 1 aliphatic rings. The van der Waals surface area contributed by atoms with Crippen molar-refractivity contribution in [3.63, 3.8) is 0 Å². The molecule has 0 bridgehead atoms. The predicted octanol–water partition coefficient (Wildman–Crippen LogP) is 4.89. The molecule has 0 aliphatic carbocycles. The highest BCUT2D eigenvalue weighted by molar-refractivity contribution is 7.92. The zero-order valence-corrected chi connectivity index (χ0v) is 18.4. The lowest BCUT2D eigenvalue weighted by atomic mass is 10.1. The van der Waals surface area contributed by atoms with Crippen molar-refractivity contribution in [3.05, 3.63) is 35.2 Å². The Morgan fingerprint density at radius 1 is 1.10 bits per heavy atom. The van der Waals surface area contributed by atoms with E-state index in [9.17, 15) is 21.6 Å². The number of nitrogens with one attached hydrogen (secondary N) is 1. The summed E-state index contributed by atoms with van der Waals surface area (Å²) in [7, 11) is -4.14. The average molecular weight is 445 g/mol. The predicted molar refractivity (Wildman–Crippen MR) is 110 cm³/mol. The first kappa shape index (κ1) is 22.5. The first-order chi connectivity index (χ1) is 13.9. The molecule has 0 amide bonds. The van der Waals surface area contributed by atoms with E-state index >= 15 is 0 Å². The fourth-order valence-corrected chi connectivity index (χ4v) is 5.41. The van der Waals surface area contributed by atoms with Gasteiger partial charge in [-0.15, -0.1) is 0 Å². The molecule has 0 saturated carbocycles. The van der Waals surface area contributed by atoms with Crippen LogP contribution >= 0.6 is 0 Å². The summed E-state index contributed by atoms with van der Waals surface area (Å²) in [6.07, 6.45) is -1.71. The van der Waals surface area contributed by atoms with Crippen LogP contribution in [0.15, 0.2) is 23.1 Å². The van der Waals surface area contributed by atoms with Crippen molar-refractivity contribution in [1.82, 2.24) is 9.78 Å². The van der Waals surface area contributed by atoms with Gasteiger partial charge in [0, 0.05) is 19.1 Å². The van der Waals surface area contributed by atoms with Crippen LogP contribution in [-0.2, 0) is 16.2 Å². The molecule has 0 atom stereocenters. The first-order valence-electron chi connectivity index (χ1n) is 9.96. The van der Waals surface area contributed by atoms with E-state index in [0.29, 0.717) is 30.2 Å². The minimum absolute atomic E-state index is 0.00166. The van der Waals surface area contributed by atoms with E-state index in [1.807, 2.05) is 18.7 Å². The van der Waals surface area contributed by atoms with Crippen molar-refractivity contribution in [2.75, 3.05) is 22.7 Å². The van der Waals surface area contributed by atoms with Gasteiger partial charge in [-0.3, -0.25) is 9.40 Å². The standard InChI is InChI=1S/C20H27F3N4O2S/c1-13(2)27-15(4)19(14(3)24-27)30(28,29)25-17-12-16(20(21,22)23)8-9-18(17)26-10-6-5-7-11-26/h8-9,12-13,25H,5-7,10-11H2,1-4H3. The summed E-state index contributed by atoms with van der Waals surface area (Å²) in [6.45, 7) is 8.33. The highest BCUT2D eigenvalue weighted by atomic mass is 32.2. The van der Waals surface area contributed by atoms with Crippen LogP contribution < -0.4 is 9.62 Å². The molecule has 1 aromatic heterocycles. The van der Waals surface area contributed by atoms with Crippen molar-refractivity contribution < 1.29 is 21.6 Å². The molecule has 1 aromatic carbocycles. The minimum Gasteiger partial charge on any atom is -0.370 e. The molecule has 1 saturated heterocycles. The number of alkyl halides is 3. The second kappa shape index (κ2) is 8.13. The van der Waals surface area contributed by atoms with Crippen molar-refractivity contribution in [2.45, 2.75) is 64.1 Å². The Morgan fingerprint density at radius 3 is 2.27 bits per heavy atom. The molecule has 30 heavy (non-hydrogen) atoms. The molecular weight excluding hydrogens is 417 g/mol. The van der Waals surface area contributed by atoms with Gasteiger partial charge in [-0.05, 0) is 65.2 Å². The Hall–Kier alpha value is -2.23. The van der Waals surface area contributed by atoms with Gasteiger partial charge in [0.1, 0.15) is 4.90 Å². The highest BCUT2D eigenvalue weighted by Crippen LogP contribution is 2.37. The topological polar surface area (TPSA) is 67.2 Å². The minimum atomic E-state index is -4.57. The van der Waals surface area contributed by atoms with E-state index in [0.717, 1.165) is 31.4 Å². The third-order valence-electron chi connectivity index (χ3n) is 5.28. The number of halogens is 3. The maximum absolute atomic E-state index is 13.3. The maximum atomic E-state index is 13.3. The number of nitrogens with zero attached hydrogens (tertiary/aromatic N) is 3. The van der Waals surface area contributed by atoms with Crippen LogP contribution in [0, 0.1) is 13.8 Å². The Balaban J connectivity index is 2.07. The van der Waals surface area contributed by atoms with Crippen molar-refractivity contribution in [1.29, 1.82) is 0 Å². The molecule has 1 fully saturated rings. The van der Waals surface area contributed by atoms with E-state index < -0.39 is 21.8 Å². The van der Waals surface area contributed by atoms with Crippen LogP contribution in [0.4, 0.5) is 24.5 Å². The van der Waals surface area contributed by atoms with Gasteiger partial charge in [-0.2, -0.15) is 18.3 Å². The number of sulfonamides is 1. The lowest BCUT2D eigenvalue weighted by Crippen LogP contribution is -2.30. The Bertz CT molecular complexity index is 1020. The number of aromatic nitrogens is 2. The third kappa shape index (κ3) is 4.43. The summed E-state index contributed by atoms with van der Waals surface area (Å²) in [6, 6.07) is 3.17. The van der Waals surface area contributed by atoms with Crippen molar-refractivity contribution in [3.8, 4) is 0 Å². The molecule has 0 radical (unpaired) electrons. The van der Waals surface area contributed by atoms with E-state index in [2.05, 4.69) is 9.82 Å². The SMILES string of the molecule is Cc1nn(C(C)C)c(C)c1S(=O)(=O)Nc1cc(C(F)(F)F)ccc1N1CCCCC1.